The number of aromatic nitrogens is 1. The minimum absolute atomic E-state index is 0.629. The summed E-state index contributed by atoms with van der Waals surface area (Å²) in [7, 11) is 3.97. The van der Waals surface area contributed by atoms with Crippen LogP contribution in [0, 0.1) is 0 Å². The van der Waals surface area contributed by atoms with Crippen molar-refractivity contribution in [3.05, 3.63) is 23.9 Å². The average Bonchev–Trinajstić information content (AvgIpc) is 2.52. The highest BCUT2D eigenvalue weighted by molar-refractivity contribution is 5.79. The lowest BCUT2D eigenvalue weighted by atomic mass is 10.2. The van der Waals surface area contributed by atoms with Gasteiger partial charge >= 0.3 is 0 Å². The summed E-state index contributed by atoms with van der Waals surface area (Å²) < 4.78 is 5.33. The highest BCUT2D eigenvalue weighted by Gasteiger charge is 2.00. The Morgan fingerprint density at radius 1 is 1.32 bits per heavy atom. The molecular formula is C16H29N5O. The van der Waals surface area contributed by atoms with Gasteiger partial charge in [-0.15, -0.1) is 0 Å². The summed E-state index contributed by atoms with van der Waals surface area (Å²) in [5.41, 5.74) is 1.14. The Morgan fingerprint density at radius 3 is 2.82 bits per heavy atom. The first-order valence-electron chi connectivity index (χ1n) is 7.89. The number of hydrogen-bond donors (Lipinski definition) is 2. The molecule has 0 spiro atoms. The lowest BCUT2D eigenvalue weighted by Crippen LogP contribution is -2.38. The second kappa shape index (κ2) is 10.8. The van der Waals surface area contributed by atoms with Crippen molar-refractivity contribution in [2.45, 2.75) is 26.8 Å². The lowest BCUT2D eigenvalue weighted by molar-refractivity contribution is 0.145. The topological polar surface area (TPSA) is 61.8 Å². The average molecular weight is 307 g/mol. The van der Waals surface area contributed by atoms with Crippen LogP contribution in [0.2, 0.25) is 0 Å². The van der Waals surface area contributed by atoms with Crippen LogP contribution >= 0.6 is 0 Å². The van der Waals surface area contributed by atoms with Crippen LogP contribution in [0.5, 0.6) is 0 Å². The standard InChI is InChI=1S/C16H29N5O/c1-5-17-16(19-9-7-11-22-6-2)20-13-14-8-10-18-15(12-14)21(3)4/h8,10,12H,5-7,9,11,13H2,1-4H3,(H2,17,19,20). The molecule has 0 amide bonds. The number of nitrogens with one attached hydrogen (secondary N) is 2. The first-order valence-corrected chi connectivity index (χ1v) is 7.89. The summed E-state index contributed by atoms with van der Waals surface area (Å²) >= 11 is 0. The number of anilines is 1. The minimum Gasteiger partial charge on any atom is -0.382 e. The van der Waals surface area contributed by atoms with Gasteiger partial charge in [-0.2, -0.15) is 0 Å². The zero-order valence-electron chi connectivity index (χ0n) is 14.2. The molecular weight excluding hydrogens is 278 g/mol. The van der Waals surface area contributed by atoms with Crippen molar-refractivity contribution < 1.29 is 4.74 Å². The second-order valence-electron chi connectivity index (χ2n) is 5.09. The molecule has 0 bridgehead atoms. The summed E-state index contributed by atoms with van der Waals surface area (Å²) in [5.74, 6) is 1.78. The summed E-state index contributed by atoms with van der Waals surface area (Å²) in [6, 6.07) is 4.05. The minimum atomic E-state index is 0.629. The zero-order chi connectivity index (χ0) is 16.2. The molecule has 0 unspecified atom stereocenters. The van der Waals surface area contributed by atoms with Gasteiger partial charge in [0.1, 0.15) is 5.82 Å². The third-order valence-electron chi connectivity index (χ3n) is 2.99. The van der Waals surface area contributed by atoms with Crippen LogP contribution < -0.4 is 15.5 Å². The van der Waals surface area contributed by atoms with Crippen LogP contribution in [-0.4, -0.2) is 51.3 Å². The van der Waals surface area contributed by atoms with E-state index in [0.29, 0.717) is 6.54 Å². The van der Waals surface area contributed by atoms with Crippen LogP contribution in [0.4, 0.5) is 5.82 Å². The van der Waals surface area contributed by atoms with Crippen molar-refractivity contribution in [2.75, 3.05) is 45.3 Å². The molecule has 0 aromatic carbocycles. The molecule has 6 heteroatoms. The van der Waals surface area contributed by atoms with E-state index >= 15 is 0 Å². The van der Waals surface area contributed by atoms with Crippen LogP contribution in [0.1, 0.15) is 25.8 Å². The molecule has 1 aromatic heterocycles. The largest absolute Gasteiger partial charge is 0.382 e. The molecule has 0 saturated heterocycles. The molecule has 0 fully saturated rings. The molecule has 0 radical (unpaired) electrons. The summed E-state index contributed by atoms with van der Waals surface area (Å²) in [6.45, 7) is 7.94. The maximum Gasteiger partial charge on any atom is 0.191 e. The van der Waals surface area contributed by atoms with Crippen LogP contribution in [0.25, 0.3) is 0 Å². The number of ether oxygens (including phenoxy) is 1. The summed E-state index contributed by atoms with van der Waals surface area (Å²) in [5, 5.41) is 6.57. The van der Waals surface area contributed by atoms with Crippen molar-refractivity contribution in [1.29, 1.82) is 0 Å². The van der Waals surface area contributed by atoms with Gasteiger partial charge in [0.2, 0.25) is 0 Å². The van der Waals surface area contributed by atoms with Gasteiger partial charge in [-0.3, -0.25) is 0 Å². The third kappa shape index (κ3) is 7.26. The van der Waals surface area contributed by atoms with Crippen molar-refractivity contribution in [2.24, 2.45) is 4.99 Å². The maximum absolute atomic E-state index is 5.33. The van der Waals surface area contributed by atoms with E-state index in [9.17, 15) is 0 Å². The molecule has 2 N–H and O–H groups in total. The predicted molar refractivity (Wildman–Crippen MR) is 92.5 cm³/mol. The van der Waals surface area contributed by atoms with E-state index in [4.69, 9.17) is 4.74 Å². The first-order chi connectivity index (χ1) is 10.7. The molecule has 0 atom stereocenters. The molecule has 1 rings (SSSR count). The van der Waals surface area contributed by atoms with Crippen molar-refractivity contribution in [3.63, 3.8) is 0 Å². The Balaban J connectivity index is 2.52. The number of rotatable bonds is 9. The zero-order valence-corrected chi connectivity index (χ0v) is 14.2. The Kier molecular flexibility index (Phi) is 8.98. The molecule has 0 aliphatic heterocycles. The number of aliphatic imine (C=N–C) groups is 1. The van der Waals surface area contributed by atoms with Crippen LogP contribution in [0.15, 0.2) is 23.3 Å². The van der Waals surface area contributed by atoms with Gasteiger partial charge < -0.3 is 20.3 Å². The van der Waals surface area contributed by atoms with Gasteiger partial charge in [0, 0.05) is 46.6 Å². The van der Waals surface area contributed by atoms with E-state index in [-0.39, 0.29) is 0 Å². The highest BCUT2D eigenvalue weighted by atomic mass is 16.5. The van der Waals surface area contributed by atoms with E-state index < -0.39 is 0 Å². The third-order valence-corrected chi connectivity index (χ3v) is 2.99. The Labute approximate surface area is 134 Å². The molecule has 0 aliphatic carbocycles. The quantitative estimate of drug-likeness (QED) is 0.412. The normalized spacial score (nSPS) is 11.4. The highest BCUT2D eigenvalue weighted by Crippen LogP contribution is 2.10. The van der Waals surface area contributed by atoms with E-state index in [1.165, 1.54) is 0 Å². The first kappa shape index (κ1) is 18.2. The Morgan fingerprint density at radius 2 is 2.14 bits per heavy atom. The fourth-order valence-electron chi connectivity index (χ4n) is 1.84. The van der Waals surface area contributed by atoms with E-state index in [2.05, 4.69) is 33.6 Å². The molecule has 1 heterocycles. The van der Waals surface area contributed by atoms with Crippen molar-refractivity contribution in [3.8, 4) is 0 Å². The summed E-state index contributed by atoms with van der Waals surface area (Å²) in [6.07, 6.45) is 2.79. The smallest absolute Gasteiger partial charge is 0.191 e. The fourth-order valence-corrected chi connectivity index (χ4v) is 1.84. The maximum atomic E-state index is 5.33. The number of hydrogen-bond acceptors (Lipinski definition) is 4. The van der Waals surface area contributed by atoms with Crippen LogP contribution in [0.3, 0.4) is 0 Å². The van der Waals surface area contributed by atoms with Gasteiger partial charge in [-0.1, -0.05) is 0 Å². The molecule has 6 nitrogen and oxygen atoms in total. The van der Waals surface area contributed by atoms with Crippen molar-refractivity contribution >= 4 is 11.8 Å². The molecule has 1 aromatic rings. The second-order valence-corrected chi connectivity index (χ2v) is 5.09. The number of guanidine groups is 1. The SMILES string of the molecule is CCNC(=NCc1ccnc(N(C)C)c1)NCCCOCC. The number of nitrogens with zero attached hydrogens (tertiary/aromatic N) is 3. The predicted octanol–water partition coefficient (Wildman–Crippen LogP) is 1.63. The van der Waals surface area contributed by atoms with Gasteiger partial charge in [-0.05, 0) is 38.0 Å². The molecule has 22 heavy (non-hydrogen) atoms. The van der Waals surface area contributed by atoms with Gasteiger partial charge in [0.25, 0.3) is 0 Å². The van der Waals surface area contributed by atoms with Gasteiger partial charge in [0.15, 0.2) is 5.96 Å². The molecule has 0 aliphatic rings. The fraction of sp³-hybridized carbons (Fsp3) is 0.625. The summed E-state index contributed by atoms with van der Waals surface area (Å²) in [4.78, 5) is 10.9. The molecule has 0 saturated carbocycles. The lowest BCUT2D eigenvalue weighted by Gasteiger charge is -2.13. The van der Waals surface area contributed by atoms with E-state index in [1.807, 2.05) is 38.2 Å². The Hall–Kier alpha value is -1.82. The Bertz CT molecular complexity index is 448. The molecule has 124 valence electrons. The number of pyridine rings is 1. The van der Waals surface area contributed by atoms with Crippen LogP contribution in [-0.2, 0) is 11.3 Å². The van der Waals surface area contributed by atoms with Gasteiger partial charge in [0.05, 0.1) is 6.54 Å². The van der Waals surface area contributed by atoms with Gasteiger partial charge in [-0.25, -0.2) is 9.98 Å². The van der Waals surface area contributed by atoms with Crippen molar-refractivity contribution in [1.82, 2.24) is 15.6 Å². The van der Waals surface area contributed by atoms with E-state index in [0.717, 1.165) is 50.1 Å². The van der Waals surface area contributed by atoms with E-state index in [1.54, 1.807) is 0 Å². The monoisotopic (exact) mass is 307 g/mol.